The van der Waals surface area contributed by atoms with Crippen molar-refractivity contribution >= 4 is 16.9 Å². The summed E-state index contributed by atoms with van der Waals surface area (Å²) in [7, 11) is 3.50. The lowest BCUT2D eigenvalue weighted by molar-refractivity contribution is -0.142. The lowest BCUT2D eigenvalue weighted by Crippen LogP contribution is -2.28. The van der Waals surface area contributed by atoms with Gasteiger partial charge in [0.25, 0.3) is 0 Å². The number of aromatic amines is 1. The van der Waals surface area contributed by atoms with Crippen molar-refractivity contribution in [2.24, 2.45) is 0 Å². The number of hydrogen-bond donors (Lipinski definition) is 1. The molecular weight excluding hydrogens is 240 g/mol. The highest BCUT2D eigenvalue weighted by Crippen LogP contribution is 2.31. The molecule has 1 unspecified atom stereocenters. The van der Waals surface area contributed by atoms with Crippen molar-refractivity contribution in [1.82, 2.24) is 9.88 Å². The standard InChI is InChI=1S/C15H18N2O2/c1-17-8-7-11-10-5-3-4-6-13(10)16-14(11)12(9-17)15(18)19-2/h3-6,12,16H,7-9H2,1-2H3. The molecule has 0 saturated heterocycles. The number of rotatable bonds is 1. The molecule has 3 rings (SSSR count). The lowest BCUT2D eigenvalue weighted by Gasteiger charge is -2.18. The summed E-state index contributed by atoms with van der Waals surface area (Å²) >= 11 is 0. The maximum Gasteiger partial charge on any atom is 0.315 e. The van der Waals surface area contributed by atoms with Gasteiger partial charge in [-0.2, -0.15) is 0 Å². The van der Waals surface area contributed by atoms with Gasteiger partial charge >= 0.3 is 5.97 Å². The zero-order chi connectivity index (χ0) is 13.4. The van der Waals surface area contributed by atoms with Crippen LogP contribution in [0.15, 0.2) is 24.3 Å². The number of carbonyl (C=O) groups is 1. The van der Waals surface area contributed by atoms with E-state index in [4.69, 9.17) is 4.74 Å². The van der Waals surface area contributed by atoms with Gasteiger partial charge in [0.15, 0.2) is 0 Å². The van der Waals surface area contributed by atoms with E-state index >= 15 is 0 Å². The molecule has 1 aliphatic heterocycles. The van der Waals surface area contributed by atoms with E-state index < -0.39 is 0 Å². The molecule has 1 atom stereocenters. The van der Waals surface area contributed by atoms with Crippen LogP contribution in [-0.4, -0.2) is 43.1 Å². The van der Waals surface area contributed by atoms with Gasteiger partial charge in [-0.05, 0) is 25.1 Å². The van der Waals surface area contributed by atoms with E-state index in [1.165, 1.54) is 18.1 Å². The molecule has 0 bridgehead atoms. The molecule has 100 valence electrons. The largest absolute Gasteiger partial charge is 0.468 e. The zero-order valence-corrected chi connectivity index (χ0v) is 11.3. The van der Waals surface area contributed by atoms with Crippen LogP contribution in [0, 0.1) is 0 Å². The average Bonchev–Trinajstić information content (AvgIpc) is 2.71. The summed E-state index contributed by atoms with van der Waals surface area (Å²) in [6, 6.07) is 8.22. The minimum Gasteiger partial charge on any atom is -0.468 e. The van der Waals surface area contributed by atoms with Crippen molar-refractivity contribution in [2.75, 3.05) is 27.2 Å². The maximum atomic E-state index is 12.0. The molecule has 4 nitrogen and oxygen atoms in total. The van der Waals surface area contributed by atoms with Crippen LogP contribution in [0.4, 0.5) is 0 Å². The van der Waals surface area contributed by atoms with Crippen LogP contribution in [0.1, 0.15) is 17.2 Å². The Hall–Kier alpha value is -1.81. The van der Waals surface area contributed by atoms with E-state index in [-0.39, 0.29) is 11.9 Å². The van der Waals surface area contributed by atoms with E-state index in [1.807, 2.05) is 19.2 Å². The molecule has 0 saturated carbocycles. The van der Waals surface area contributed by atoms with Crippen LogP contribution >= 0.6 is 0 Å². The molecule has 1 aromatic heterocycles. The number of benzene rings is 1. The van der Waals surface area contributed by atoms with Crippen molar-refractivity contribution in [1.29, 1.82) is 0 Å². The van der Waals surface area contributed by atoms with Gasteiger partial charge in [-0.3, -0.25) is 4.79 Å². The summed E-state index contributed by atoms with van der Waals surface area (Å²) in [5, 5.41) is 1.22. The molecule has 0 aliphatic carbocycles. The maximum absolute atomic E-state index is 12.0. The second kappa shape index (κ2) is 4.70. The Kier molecular flexibility index (Phi) is 3.03. The molecule has 4 heteroatoms. The number of methoxy groups -OCH3 is 1. The number of H-pyrrole nitrogens is 1. The summed E-state index contributed by atoms with van der Waals surface area (Å²) < 4.78 is 4.96. The Morgan fingerprint density at radius 1 is 1.42 bits per heavy atom. The fourth-order valence-corrected chi connectivity index (χ4v) is 2.92. The Bertz CT molecular complexity index is 618. The summed E-state index contributed by atoms with van der Waals surface area (Å²) in [5.74, 6) is -0.388. The summed E-state index contributed by atoms with van der Waals surface area (Å²) in [5.41, 5.74) is 3.39. The van der Waals surface area contributed by atoms with E-state index in [0.717, 1.165) is 24.2 Å². The van der Waals surface area contributed by atoms with Gasteiger partial charge in [0.1, 0.15) is 5.92 Å². The highest BCUT2D eigenvalue weighted by molar-refractivity contribution is 5.88. The first kappa shape index (κ1) is 12.2. The predicted octanol–water partition coefficient (Wildman–Crippen LogP) is 1.91. The van der Waals surface area contributed by atoms with Gasteiger partial charge < -0.3 is 14.6 Å². The fourth-order valence-electron chi connectivity index (χ4n) is 2.92. The summed E-state index contributed by atoms with van der Waals surface area (Å²) in [6.07, 6.45) is 0.962. The number of hydrogen-bond acceptors (Lipinski definition) is 3. The number of ether oxygens (including phenoxy) is 1. The predicted molar refractivity (Wildman–Crippen MR) is 74.3 cm³/mol. The van der Waals surface area contributed by atoms with E-state index in [9.17, 15) is 4.79 Å². The Balaban J connectivity index is 2.16. The van der Waals surface area contributed by atoms with Crippen LogP contribution in [0.25, 0.3) is 10.9 Å². The first-order valence-electron chi connectivity index (χ1n) is 6.56. The second-order valence-electron chi connectivity index (χ2n) is 5.15. The third-order valence-electron chi connectivity index (χ3n) is 3.92. The van der Waals surface area contributed by atoms with E-state index in [2.05, 4.69) is 22.0 Å². The number of nitrogens with one attached hydrogen (secondary N) is 1. The highest BCUT2D eigenvalue weighted by atomic mass is 16.5. The Morgan fingerprint density at radius 2 is 2.21 bits per heavy atom. The van der Waals surface area contributed by atoms with Crippen molar-refractivity contribution in [3.05, 3.63) is 35.5 Å². The molecule has 1 aromatic carbocycles. The number of esters is 1. The van der Waals surface area contributed by atoms with Crippen LogP contribution in [0.5, 0.6) is 0 Å². The van der Waals surface area contributed by atoms with Crippen LogP contribution in [-0.2, 0) is 16.0 Å². The molecule has 2 aromatic rings. The number of carbonyl (C=O) groups excluding carboxylic acids is 1. The van der Waals surface area contributed by atoms with Gasteiger partial charge in [-0.15, -0.1) is 0 Å². The van der Waals surface area contributed by atoms with E-state index in [1.54, 1.807) is 0 Å². The van der Waals surface area contributed by atoms with Crippen molar-refractivity contribution in [3.63, 3.8) is 0 Å². The van der Waals surface area contributed by atoms with Crippen molar-refractivity contribution in [2.45, 2.75) is 12.3 Å². The number of likely N-dealkylation sites (N-methyl/N-ethyl adjacent to an activating group) is 1. The molecule has 0 fully saturated rings. The molecule has 19 heavy (non-hydrogen) atoms. The van der Waals surface area contributed by atoms with Crippen molar-refractivity contribution in [3.8, 4) is 0 Å². The fraction of sp³-hybridized carbons (Fsp3) is 0.400. The van der Waals surface area contributed by atoms with E-state index in [0.29, 0.717) is 6.54 Å². The van der Waals surface area contributed by atoms with Gasteiger partial charge in [-0.1, -0.05) is 18.2 Å². The molecule has 0 amide bonds. The number of nitrogens with zero attached hydrogens (tertiary/aromatic N) is 1. The monoisotopic (exact) mass is 258 g/mol. The second-order valence-corrected chi connectivity index (χ2v) is 5.15. The minimum atomic E-state index is -0.222. The molecule has 0 radical (unpaired) electrons. The number of aromatic nitrogens is 1. The third-order valence-corrected chi connectivity index (χ3v) is 3.92. The van der Waals surface area contributed by atoms with Gasteiger partial charge in [0.05, 0.1) is 7.11 Å². The van der Waals surface area contributed by atoms with Gasteiger partial charge in [0, 0.05) is 29.7 Å². The van der Waals surface area contributed by atoms with Crippen molar-refractivity contribution < 1.29 is 9.53 Å². The van der Waals surface area contributed by atoms with Crippen LogP contribution < -0.4 is 0 Å². The number of fused-ring (bicyclic) bond motifs is 3. The first-order chi connectivity index (χ1) is 9.20. The highest BCUT2D eigenvalue weighted by Gasteiger charge is 2.30. The first-order valence-corrected chi connectivity index (χ1v) is 6.56. The minimum absolute atomic E-state index is 0.165. The average molecular weight is 258 g/mol. The summed E-state index contributed by atoms with van der Waals surface area (Å²) in [6.45, 7) is 1.66. The normalized spacial score (nSPS) is 20.0. The zero-order valence-electron chi connectivity index (χ0n) is 11.3. The molecule has 1 N–H and O–H groups in total. The van der Waals surface area contributed by atoms with Gasteiger partial charge in [0.2, 0.25) is 0 Å². The lowest BCUT2D eigenvalue weighted by atomic mass is 10.00. The topological polar surface area (TPSA) is 45.3 Å². The van der Waals surface area contributed by atoms with Crippen LogP contribution in [0.2, 0.25) is 0 Å². The van der Waals surface area contributed by atoms with Gasteiger partial charge in [-0.25, -0.2) is 0 Å². The number of para-hydroxylation sites is 1. The third kappa shape index (κ3) is 2.02. The summed E-state index contributed by atoms with van der Waals surface area (Å²) in [4.78, 5) is 17.6. The quantitative estimate of drug-likeness (QED) is 0.795. The molecule has 0 spiro atoms. The molecular formula is C15H18N2O2. The van der Waals surface area contributed by atoms with Crippen LogP contribution in [0.3, 0.4) is 0 Å². The Morgan fingerprint density at radius 3 is 3.00 bits per heavy atom. The Labute approximate surface area is 112 Å². The SMILES string of the molecule is COC(=O)C1CN(C)CCc2c1[nH]c1ccccc21. The smallest absolute Gasteiger partial charge is 0.315 e. The molecule has 1 aliphatic rings. The molecule has 2 heterocycles.